The molecule has 2 atom stereocenters. The summed E-state index contributed by atoms with van der Waals surface area (Å²) >= 11 is 3.35. The standard InChI is InChI=1S/C12H15BrO4/c1-7-5-8(3-4-9(7)13)12(16)10(14)6-11(15)17-2/h3-5,10,12,14,16H,6H2,1-2H3. The largest absolute Gasteiger partial charge is 0.469 e. The Hall–Kier alpha value is -0.910. The maximum atomic E-state index is 11.0. The van der Waals surface area contributed by atoms with Gasteiger partial charge in [0.1, 0.15) is 6.10 Å². The lowest BCUT2D eigenvalue weighted by Crippen LogP contribution is -2.22. The molecule has 4 nitrogen and oxygen atoms in total. The van der Waals surface area contributed by atoms with Crippen molar-refractivity contribution in [2.75, 3.05) is 7.11 Å². The molecule has 0 fully saturated rings. The highest BCUT2D eigenvalue weighted by Gasteiger charge is 2.22. The Morgan fingerprint density at radius 1 is 1.47 bits per heavy atom. The minimum Gasteiger partial charge on any atom is -0.469 e. The number of aryl methyl sites for hydroxylation is 1. The maximum absolute atomic E-state index is 11.0. The van der Waals surface area contributed by atoms with E-state index < -0.39 is 18.2 Å². The summed E-state index contributed by atoms with van der Waals surface area (Å²) in [4.78, 5) is 11.0. The molecule has 2 N–H and O–H groups in total. The second-order valence-electron chi connectivity index (χ2n) is 3.80. The van der Waals surface area contributed by atoms with Gasteiger partial charge in [-0.2, -0.15) is 0 Å². The van der Waals surface area contributed by atoms with Crippen LogP contribution in [0, 0.1) is 6.92 Å². The summed E-state index contributed by atoms with van der Waals surface area (Å²) in [5.74, 6) is -0.551. The quantitative estimate of drug-likeness (QED) is 0.831. The van der Waals surface area contributed by atoms with Gasteiger partial charge < -0.3 is 14.9 Å². The Morgan fingerprint density at radius 2 is 2.12 bits per heavy atom. The molecular formula is C12H15BrO4. The number of hydrogen-bond acceptors (Lipinski definition) is 4. The summed E-state index contributed by atoms with van der Waals surface area (Å²) in [6, 6.07) is 5.25. The van der Waals surface area contributed by atoms with Gasteiger partial charge in [0.25, 0.3) is 0 Å². The van der Waals surface area contributed by atoms with Crippen molar-refractivity contribution >= 4 is 21.9 Å². The molecule has 1 aromatic rings. The number of esters is 1. The Labute approximate surface area is 108 Å². The van der Waals surface area contributed by atoms with Crippen LogP contribution in [-0.2, 0) is 9.53 Å². The SMILES string of the molecule is COC(=O)CC(O)C(O)c1ccc(Br)c(C)c1. The molecule has 0 radical (unpaired) electrons. The average Bonchev–Trinajstić information content (AvgIpc) is 2.31. The van der Waals surface area contributed by atoms with Gasteiger partial charge in [-0.25, -0.2) is 0 Å². The highest BCUT2D eigenvalue weighted by Crippen LogP contribution is 2.24. The van der Waals surface area contributed by atoms with E-state index in [4.69, 9.17) is 0 Å². The third-order valence-electron chi connectivity index (χ3n) is 2.49. The smallest absolute Gasteiger partial charge is 0.308 e. The lowest BCUT2D eigenvalue weighted by Gasteiger charge is -2.17. The zero-order valence-corrected chi connectivity index (χ0v) is 11.3. The molecule has 0 aliphatic rings. The van der Waals surface area contributed by atoms with Crippen LogP contribution in [-0.4, -0.2) is 29.4 Å². The molecule has 17 heavy (non-hydrogen) atoms. The van der Waals surface area contributed by atoms with Crippen molar-refractivity contribution in [1.82, 2.24) is 0 Å². The minimum absolute atomic E-state index is 0.229. The number of rotatable bonds is 4. The van der Waals surface area contributed by atoms with E-state index in [1.807, 2.05) is 6.92 Å². The predicted octanol–water partition coefficient (Wildman–Crippen LogP) is 1.71. The highest BCUT2D eigenvalue weighted by molar-refractivity contribution is 9.10. The fraction of sp³-hybridized carbons (Fsp3) is 0.417. The predicted molar refractivity (Wildman–Crippen MR) is 66.5 cm³/mol. The van der Waals surface area contributed by atoms with E-state index in [0.29, 0.717) is 5.56 Å². The molecule has 0 saturated carbocycles. The van der Waals surface area contributed by atoms with Crippen LogP contribution in [0.3, 0.4) is 0 Å². The monoisotopic (exact) mass is 302 g/mol. The number of hydrogen-bond donors (Lipinski definition) is 2. The third-order valence-corrected chi connectivity index (χ3v) is 3.38. The van der Waals surface area contributed by atoms with E-state index >= 15 is 0 Å². The molecule has 1 rings (SSSR count). The lowest BCUT2D eigenvalue weighted by molar-refractivity contribution is -0.144. The van der Waals surface area contributed by atoms with E-state index in [1.54, 1.807) is 18.2 Å². The lowest BCUT2D eigenvalue weighted by atomic mass is 10.0. The number of ether oxygens (including phenoxy) is 1. The van der Waals surface area contributed by atoms with Crippen LogP contribution in [0.15, 0.2) is 22.7 Å². The van der Waals surface area contributed by atoms with Crippen molar-refractivity contribution in [3.63, 3.8) is 0 Å². The van der Waals surface area contributed by atoms with Gasteiger partial charge in [0.15, 0.2) is 0 Å². The summed E-state index contributed by atoms with van der Waals surface area (Å²) < 4.78 is 5.36. The van der Waals surface area contributed by atoms with E-state index in [-0.39, 0.29) is 6.42 Å². The van der Waals surface area contributed by atoms with E-state index in [9.17, 15) is 15.0 Å². The second kappa shape index (κ2) is 6.14. The van der Waals surface area contributed by atoms with Crippen LogP contribution >= 0.6 is 15.9 Å². The molecule has 0 spiro atoms. The molecule has 1 aromatic carbocycles. The fourth-order valence-corrected chi connectivity index (χ4v) is 1.69. The molecule has 2 unspecified atom stereocenters. The van der Waals surface area contributed by atoms with Crippen molar-refractivity contribution in [3.8, 4) is 0 Å². The highest BCUT2D eigenvalue weighted by atomic mass is 79.9. The van der Waals surface area contributed by atoms with Gasteiger partial charge >= 0.3 is 5.97 Å². The number of carbonyl (C=O) groups excluding carboxylic acids is 1. The van der Waals surface area contributed by atoms with Crippen molar-refractivity contribution in [1.29, 1.82) is 0 Å². The summed E-state index contributed by atoms with van der Waals surface area (Å²) in [5, 5.41) is 19.5. The summed E-state index contributed by atoms with van der Waals surface area (Å²) in [5.41, 5.74) is 1.52. The second-order valence-corrected chi connectivity index (χ2v) is 4.66. The number of carbonyl (C=O) groups is 1. The van der Waals surface area contributed by atoms with Gasteiger partial charge in [-0.1, -0.05) is 28.1 Å². The van der Waals surface area contributed by atoms with E-state index in [0.717, 1.165) is 10.0 Å². The number of methoxy groups -OCH3 is 1. The van der Waals surface area contributed by atoms with E-state index in [2.05, 4.69) is 20.7 Å². The minimum atomic E-state index is -1.16. The van der Waals surface area contributed by atoms with Gasteiger partial charge in [0.2, 0.25) is 0 Å². The Kier molecular flexibility index (Phi) is 5.11. The number of halogens is 1. The van der Waals surface area contributed by atoms with Crippen molar-refractivity contribution in [3.05, 3.63) is 33.8 Å². The third kappa shape index (κ3) is 3.80. The zero-order chi connectivity index (χ0) is 13.0. The Balaban J connectivity index is 2.77. The molecule has 94 valence electrons. The normalized spacial score (nSPS) is 14.2. The molecule has 0 amide bonds. The van der Waals surface area contributed by atoms with Crippen molar-refractivity contribution in [2.24, 2.45) is 0 Å². The van der Waals surface area contributed by atoms with Crippen LogP contribution in [0.4, 0.5) is 0 Å². The molecule has 0 aromatic heterocycles. The summed E-state index contributed by atoms with van der Waals surface area (Å²) in [6.07, 6.45) is -2.49. The molecule has 5 heteroatoms. The number of aliphatic hydroxyl groups excluding tert-OH is 2. The first-order valence-corrected chi connectivity index (χ1v) is 5.94. The maximum Gasteiger partial charge on any atom is 0.308 e. The van der Waals surface area contributed by atoms with Crippen molar-refractivity contribution < 1.29 is 19.7 Å². The first kappa shape index (κ1) is 14.2. The fourth-order valence-electron chi connectivity index (χ4n) is 1.44. The van der Waals surface area contributed by atoms with Crippen LogP contribution in [0.1, 0.15) is 23.7 Å². The van der Waals surface area contributed by atoms with Crippen LogP contribution in [0.2, 0.25) is 0 Å². The van der Waals surface area contributed by atoms with E-state index in [1.165, 1.54) is 7.11 Å². The van der Waals surface area contributed by atoms with Gasteiger partial charge in [0.05, 0.1) is 19.6 Å². The molecule has 0 saturated heterocycles. The van der Waals surface area contributed by atoms with Crippen LogP contribution in [0.5, 0.6) is 0 Å². The first-order valence-electron chi connectivity index (χ1n) is 5.14. The first-order chi connectivity index (χ1) is 7.95. The topological polar surface area (TPSA) is 66.8 Å². The molecule has 0 aliphatic carbocycles. The number of aliphatic hydroxyl groups is 2. The molecule has 0 aliphatic heterocycles. The van der Waals surface area contributed by atoms with Gasteiger partial charge in [-0.05, 0) is 24.1 Å². The summed E-state index contributed by atoms with van der Waals surface area (Å²) in [7, 11) is 1.24. The van der Waals surface area contributed by atoms with Gasteiger partial charge in [0, 0.05) is 4.47 Å². The van der Waals surface area contributed by atoms with Gasteiger partial charge in [-0.3, -0.25) is 4.79 Å². The zero-order valence-electron chi connectivity index (χ0n) is 9.68. The van der Waals surface area contributed by atoms with Crippen LogP contribution < -0.4 is 0 Å². The summed E-state index contributed by atoms with van der Waals surface area (Å²) in [6.45, 7) is 1.88. The molecular weight excluding hydrogens is 288 g/mol. The number of benzene rings is 1. The van der Waals surface area contributed by atoms with Crippen LogP contribution in [0.25, 0.3) is 0 Å². The van der Waals surface area contributed by atoms with Gasteiger partial charge in [-0.15, -0.1) is 0 Å². The Morgan fingerprint density at radius 3 is 2.65 bits per heavy atom. The van der Waals surface area contributed by atoms with Crippen molar-refractivity contribution in [2.45, 2.75) is 25.6 Å². The Bertz CT molecular complexity index is 405. The molecule has 0 heterocycles. The molecule has 0 bridgehead atoms. The average molecular weight is 303 g/mol.